The molecule has 0 spiro atoms. The lowest BCUT2D eigenvalue weighted by molar-refractivity contribution is -0.132. The van der Waals surface area contributed by atoms with Gasteiger partial charge in [-0.3, -0.25) is 4.79 Å². The van der Waals surface area contributed by atoms with Crippen molar-refractivity contribution in [1.82, 2.24) is 9.62 Å². The summed E-state index contributed by atoms with van der Waals surface area (Å²) in [5, 5.41) is 2.88. The SMILES string of the molecule is CC1(C(=O)NCc2ccc(F)cc2)CCN(S(=O)(=O)c2ccc(Br)s2)CC1. The van der Waals surface area contributed by atoms with Gasteiger partial charge >= 0.3 is 0 Å². The number of nitrogens with one attached hydrogen (secondary N) is 1. The third kappa shape index (κ3) is 4.59. The fraction of sp³-hybridized carbons (Fsp3) is 0.389. The Morgan fingerprint density at radius 3 is 2.41 bits per heavy atom. The van der Waals surface area contributed by atoms with E-state index in [-0.39, 0.29) is 11.7 Å². The van der Waals surface area contributed by atoms with E-state index in [1.54, 1.807) is 24.3 Å². The second-order valence-corrected chi connectivity index (χ2v) is 11.5. The van der Waals surface area contributed by atoms with Crippen molar-refractivity contribution in [1.29, 1.82) is 0 Å². The van der Waals surface area contributed by atoms with E-state index in [4.69, 9.17) is 0 Å². The first-order valence-corrected chi connectivity index (χ1v) is 11.5. The molecule has 5 nitrogen and oxygen atoms in total. The van der Waals surface area contributed by atoms with Gasteiger partial charge in [-0.25, -0.2) is 12.8 Å². The summed E-state index contributed by atoms with van der Waals surface area (Å²) >= 11 is 4.47. The Labute approximate surface area is 170 Å². The second kappa shape index (κ2) is 7.98. The van der Waals surface area contributed by atoms with Crippen molar-refractivity contribution in [2.75, 3.05) is 13.1 Å². The van der Waals surface area contributed by atoms with Gasteiger partial charge in [0.1, 0.15) is 10.0 Å². The highest BCUT2D eigenvalue weighted by Crippen LogP contribution is 2.35. The van der Waals surface area contributed by atoms with E-state index in [0.29, 0.717) is 36.7 Å². The molecule has 146 valence electrons. The summed E-state index contributed by atoms with van der Waals surface area (Å²) in [5.41, 5.74) is 0.193. The van der Waals surface area contributed by atoms with Gasteiger partial charge in [0.15, 0.2) is 0 Å². The van der Waals surface area contributed by atoms with Crippen LogP contribution in [0.2, 0.25) is 0 Å². The average molecular weight is 475 g/mol. The molecule has 1 aliphatic rings. The minimum Gasteiger partial charge on any atom is -0.352 e. The molecule has 9 heteroatoms. The van der Waals surface area contributed by atoms with Gasteiger partial charge in [-0.1, -0.05) is 19.1 Å². The molecule has 1 saturated heterocycles. The number of hydrogen-bond acceptors (Lipinski definition) is 4. The lowest BCUT2D eigenvalue weighted by Crippen LogP contribution is -2.48. The van der Waals surface area contributed by atoms with Crippen molar-refractivity contribution < 1.29 is 17.6 Å². The molecule has 1 aromatic carbocycles. The van der Waals surface area contributed by atoms with Crippen molar-refractivity contribution in [3.8, 4) is 0 Å². The molecule has 1 N–H and O–H groups in total. The molecule has 0 bridgehead atoms. The number of halogens is 2. The van der Waals surface area contributed by atoms with Gasteiger partial charge in [-0.15, -0.1) is 11.3 Å². The summed E-state index contributed by atoms with van der Waals surface area (Å²) in [4.78, 5) is 12.6. The molecule has 0 saturated carbocycles. The predicted molar refractivity (Wildman–Crippen MR) is 106 cm³/mol. The van der Waals surface area contributed by atoms with Gasteiger partial charge < -0.3 is 5.32 Å². The first-order chi connectivity index (χ1) is 12.7. The topological polar surface area (TPSA) is 66.5 Å². The Bertz CT molecular complexity index is 920. The standard InChI is InChI=1S/C18H20BrFN2O3S2/c1-18(17(23)21-12-13-2-4-14(20)5-3-13)8-10-22(11-9-18)27(24,25)16-7-6-15(19)26-16/h2-7H,8-12H2,1H3,(H,21,23). The molecular weight excluding hydrogens is 455 g/mol. The monoisotopic (exact) mass is 474 g/mol. The Morgan fingerprint density at radius 1 is 1.22 bits per heavy atom. The zero-order chi connectivity index (χ0) is 19.7. The van der Waals surface area contributed by atoms with Gasteiger partial charge in [0, 0.05) is 25.0 Å². The van der Waals surface area contributed by atoms with Crippen LogP contribution in [0, 0.1) is 11.2 Å². The van der Waals surface area contributed by atoms with E-state index in [1.807, 2.05) is 6.92 Å². The van der Waals surface area contributed by atoms with Crippen LogP contribution in [0.1, 0.15) is 25.3 Å². The molecule has 0 unspecified atom stereocenters. The number of rotatable bonds is 5. The maximum Gasteiger partial charge on any atom is 0.252 e. The largest absolute Gasteiger partial charge is 0.352 e. The smallest absolute Gasteiger partial charge is 0.252 e. The van der Waals surface area contributed by atoms with E-state index in [9.17, 15) is 17.6 Å². The normalized spacial score (nSPS) is 17.6. The fourth-order valence-corrected chi connectivity index (χ4v) is 6.61. The van der Waals surface area contributed by atoms with Crippen molar-refractivity contribution >= 4 is 43.2 Å². The number of carbonyl (C=O) groups excluding carboxylic acids is 1. The van der Waals surface area contributed by atoms with Gasteiger partial charge in [0.05, 0.1) is 3.79 Å². The molecule has 0 aliphatic carbocycles. The van der Waals surface area contributed by atoms with E-state index < -0.39 is 15.4 Å². The second-order valence-electron chi connectivity index (χ2n) is 6.83. The number of amides is 1. The third-order valence-electron chi connectivity index (χ3n) is 4.88. The summed E-state index contributed by atoms with van der Waals surface area (Å²) in [5.74, 6) is -0.425. The Hall–Kier alpha value is -1.29. The molecule has 1 fully saturated rings. The lowest BCUT2D eigenvalue weighted by atomic mass is 9.80. The molecule has 0 atom stereocenters. The van der Waals surface area contributed by atoms with Crippen LogP contribution in [0.3, 0.4) is 0 Å². The van der Waals surface area contributed by atoms with Gasteiger partial charge in [0.25, 0.3) is 10.0 Å². The third-order valence-corrected chi connectivity index (χ3v) is 8.87. The quantitative estimate of drug-likeness (QED) is 0.717. The first-order valence-electron chi connectivity index (χ1n) is 8.49. The number of nitrogens with zero attached hydrogens (tertiary/aromatic N) is 1. The number of sulfonamides is 1. The number of carbonyl (C=O) groups is 1. The number of hydrogen-bond donors (Lipinski definition) is 1. The van der Waals surface area contributed by atoms with Crippen molar-refractivity contribution in [2.24, 2.45) is 5.41 Å². The summed E-state index contributed by atoms with van der Waals surface area (Å²) in [7, 11) is -3.52. The van der Waals surface area contributed by atoms with Gasteiger partial charge in [0.2, 0.25) is 5.91 Å². The Balaban J connectivity index is 1.59. The number of thiophene rings is 1. The highest BCUT2D eigenvalue weighted by atomic mass is 79.9. The first kappa shape index (κ1) is 20.4. The minimum atomic E-state index is -3.52. The molecule has 1 aromatic heterocycles. The van der Waals surface area contributed by atoms with Crippen molar-refractivity contribution in [3.05, 3.63) is 51.6 Å². The van der Waals surface area contributed by atoms with E-state index in [2.05, 4.69) is 21.2 Å². The van der Waals surface area contributed by atoms with Crippen LogP contribution in [0.4, 0.5) is 4.39 Å². The highest BCUT2D eigenvalue weighted by Gasteiger charge is 2.40. The molecule has 2 heterocycles. The Kier molecular flexibility index (Phi) is 6.05. The maximum atomic E-state index is 13.0. The molecule has 0 radical (unpaired) electrons. The van der Waals surface area contributed by atoms with Crippen LogP contribution in [0.15, 0.2) is 44.4 Å². The highest BCUT2D eigenvalue weighted by molar-refractivity contribution is 9.11. The fourth-order valence-electron chi connectivity index (χ4n) is 3.01. The zero-order valence-corrected chi connectivity index (χ0v) is 18.0. The molecular formula is C18H20BrFN2O3S2. The molecule has 1 amide bonds. The van der Waals surface area contributed by atoms with Crippen LogP contribution < -0.4 is 5.32 Å². The summed E-state index contributed by atoms with van der Waals surface area (Å²) < 4.78 is 40.9. The number of benzene rings is 1. The predicted octanol–water partition coefficient (Wildman–Crippen LogP) is 3.76. The molecule has 27 heavy (non-hydrogen) atoms. The molecule has 2 aromatic rings. The molecule has 3 rings (SSSR count). The van der Waals surface area contributed by atoms with Gasteiger partial charge in [-0.2, -0.15) is 4.31 Å². The van der Waals surface area contributed by atoms with Crippen LogP contribution in [-0.4, -0.2) is 31.7 Å². The summed E-state index contributed by atoms with van der Waals surface area (Å²) in [6.07, 6.45) is 0.905. The van der Waals surface area contributed by atoms with Crippen molar-refractivity contribution in [3.63, 3.8) is 0 Å². The van der Waals surface area contributed by atoms with E-state index >= 15 is 0 Å². The Morgan fingerprint density at radius 2 is 1.85 bits per heavy atom. The lowest BCUT2D eigenvalue weighted by Gasteiger charge is -2.37. The van der Waals surface area contributed by atoms with Crippen LogP contribution in [0.25, 0.3) is 0 Å². The molecule has 1 aliphatic heterocycles. The summed E-state index contributed by atoms with van der Waals surface area (Å²) in [6, 6.07) is 9.28. The van der Waals surface area contributed by atoms with Crippen LogP contribution in [-0.2, 0) is 21.4 Å². The maximum absolute atomic E-state index is 13.0. The number of piperidine rings is 1. The van der Waals surface area contributed by atoms with Crippen molar-refractivity contribution in [2.45, 2.75) is 30.5 Å². The minimum absolute atomic E-state index is 0.109. The zero-order valence-electron chi connectivity index (χ0n) is 14.7. The van der Waals surface area contributed by atoms with E-state index in [1.165, 1.54) is 27.8 Å². The van der Waals surface area contributed by atoms with Gasteiger partial charge in [-0.05, 0) is 58.6 Å². The summed E-state index contributed by atoms with van der Waals surface area (Å²) in [6.45, 7) is 2.79. The van der Waals surface area contributed by atoms with Crippen LogP contribution in [0.5, 0.6) is 0 Å². The van der Waals surface area contributed by atoms with Crippen LogP contribution >= 0.6 is 27.3 Å². The van der Waals surface area contributed by atoms with E-state index in [0.717, 1.165) is 9.35 Å². The average Bonchev–Trinajstić information content (AvgIpc) is 3.08.